The van der Waals surface area contributed by atoms with Crippen molar-refractivity contribution in [2.75, 3.05) is 18.8 Å². The lowest BCUT2D eigenvalue weighted by atomic mass is 10.3. The van der Waals surface area contributed by atoms with Crippen molar-refractivity contribution in [1.82, 2.24) is 10.0 Å². The lowest BCUT2D eigenvalue weighted by molar-refractivity contribution is 0.563. The van der Waals surface area contributed by atoms with Gasteiger partial charge in [0.15, 0.2) is 0 Å². The smallest absolute Gasteiger partial charge is 0.213 e. The molecule has 1 fully saturated rings. The van der Waals surface area contributed by atoms with E-state index in [0.717, 1.165) is 25.8 Å². The minimum Gasteiger partial charge on any atom is -0.313 e. The van der Waals surface area contributed by atoms with Crippen LogP contribution in [-0.4, -0.2) is 33.3 Å². The van der Waals surface area contributed by atoms with Crippen LogP contribution < -0.4 is 10.0 Å². The standard InChI is InChI=1S/C8H18N2O2S/c1-2-5-10-13(11,12)7-8-4-3-6-9-8/h8-10H,2-7H2,1H3/t8-/m0/s1. The summed E-state index contributed by atoms with van der Waals surface area (Å²) in [5, 5.41) is 3.17. The van der Waals surface area contributed by atoms with Gasteiger partial charge in [-0.2, -0.15) is 0 Å². The van der Waals surface area contributed by atoms with Gasteiger partial charge in [-0.05, 0) is 25.8 Å². The highest BCUT2D eigenvalue weighted by atomic mass is 32.2. The molecule has 1 atom stereocenters. The summed E-state index contributed by atoms with van der Waals surface area (Å²) in [6.07, 6.45) is 2.92. The Kier molecular flexibility index (Phi) is 4.15. The molecule has 0 unspecified atom stereocenters. The Morgan fingerprint density at radius 3 is 2.85 bits per heavy atom. The summed E-state index contributed by atoms with van der Waals surface area (Å²) in [4.78, 5) is 0. The van der Waals surface area contributed by atoms with Gasteiger partial charge >= 0.3 is 0 Å². The van der Waals surface area contributed by atoms with Crippen molar-refractivity contribution in [3.05, 3.63) is 0 Å². The molecule has 1 aliphatic rings. The van der Waals surface area contributed by atoms with Gasteiger partial charge in [0, 0.05) is 12.6 Å². The van der Waals surface area contributed by atoms with Gasteiger partial charge in [0.2, 0.25) is 10.0 Å². The molecular weight excluding hydrogens is 188 g/mol. The average molecular weight is 206 g/mol. The summed E-state index contributed by atoms with van der Waals surface area (Å²) in [6.45, 7) is 3.46. The van der Waals surface area contributed by atoms with Crippen LogP contribution in [0.25, 0.3) is 0 Å². The van der Waals surface area contributed by atoms with Crippen LogP contribution in [0.4, 0.5) is 0 Å². The Hall–Kier alpha value is -0.130. The second kappa shape index (κ2) is 4.93. The summed E-state index contributed by atoms with van der Waals surface area (Å²) in [7, 11) is -3.04. The molecule has 4 nitrogen and oxygen atoms in total. The summed E-state index contributed by atoms with van der Waals surface area (Å²) >= 11 is 0. The number of rotatable bonds is 5. The third-order valence-electron chi connectivity index (χ3n) is 2.15. The van der Waals surface area contributed by atoms with Crippen molar-refractivity contribution in [2.24, 2.45) is 0 Å². The normalized spacial score (nSPS) is 23.6. The second-order valence-corrected chi connectivity index (χ2v) is 5.32. The predicted molar refractivity (Wildman–Crippen MR) is 53.1 cm³/mol. The maximum Gasteiger partial charge on any atom is 0.213 e. The van der Waals surface area contributed by atoms with Crippen LogP contribution in [0.3, 0.4) is 0 Å². The molecule has 1 rings (SSSR count). The fraction of sp³-hybridized carbons (Fsp3) is 1.00. The highest BCUT2D eigenvalue weighted by Crippen LogP contribution is 2.06. The lowest BCUT2D eigenvalue weighted by Gasteiger charge is -2.10. The van der Waals surface area contributed by atoms with E-state index < -0.39 is 10.0 Å². The highest BCUT2D eigenvalue weighted by molar-refractivity contribution is 7.89. The predicted octanol–water partition coefficient (Wildman–Crippen LogP) is 0.0678. The zero-order valence-electron chi connectivity index (χ0n) is 8.04. The summed E-state index contributed by atoms with van der Waals surface area (Å²) in [5.41, 5.74) is 0. The van der Waals surface area contributed by atoms with Crippen molar-refractivity contribution in [2.45, 2.75) is 32.2 Å². The van der Waals surface area contributed by atoms with Crippen LogP contribution in [0.1, 0.15) is 26.2 Å². The van der Waals surface area contributed by atoms with Crippen molar-refractivity contribution in [3.63, 3.8) is 0 Å². The quantitative estimate of drug-likeness (QED) is 0.669. The first kappa shape index (κ1) is 10.9. The molecule has 0 aromatic rings. The van der Waals surface area contributed by atoms with E-state index in [4.69, 9.17) is 0 Å². The SMILES string of the molecule is CCCNS(=O)(=O)C[C@@H]1CCCN1. The summed E-state index contributed by atoms with van der Waals surface area (Å²) in [5.74, 6) is 0.229. The van der Waals surface area contributed by atoms with Crippen LogP contribution in [0.2, 0.25) is 0 Å². The lowest BCUT2D eigenvalue weighted by Crippen LogP contribution is -2.36. The monoisotopic (exact) mass is 206 g/mol. The first-order valence-corrected chi connectivity index (χ1v) is 6.50. The second-order valence-electron chi connectivity index (χ2n) is 3.47. The highest BCUT2D eigenvalue weighted by Gasteiger charge is 2.21. The Morgan fingerprint density at radius 2 is 2.31 bits per heavy atom. The van der Waals surface area contributed by atoms with Gasteiger partial charge in [0.1, 0.15) is 0 Å². The van der Waals surface area contributed by atoms with Gasteiger partial charge in [-0.25, -0.2) is 13.1 Å². The van der Waals surface area contributed by atoms with Crippen molar-refractivity contribution < 1.29 is 8.42 Å². The molecule has 1 saturated heterocycles. The van der Waals surface area contributed by atoms with Crippen LogP contribution in [0.5, 0.6) is 0 Å². The molecule has 2 N–H and O–H groups in total. The first-order valence-electron chi connectivity index (χ1n) is 4.85. The minimum atomic E-state index is -3.04. The van der Waals surface area contributed by atoms with Gasteiger partial charge in [-0.3, -0.25) is 0 Å². The van der Waals surface area contributed by atoms with E-state index in [9.17, 15) is 8.42 Å². The van der Waals surface area contributed by atoms with Crippen LogP contribution in [0, 0.1) is 0 Å². The maximum atomic E-state index is 11.4. The van der Waals surface area contributed by atoms with Gasteiger partial charge in [0.05, 0.1) is 5.75 Å². The molecule has 0 amide bonds. The third-order valence-corrected chi connectivity index (χ3v) is 3.64. The van der Waals surface area contributed by atoms with Gasteiger partial charge in [0.25, 0.3) is 0 Å². The molecule has 0 bridgehead atoms. The molecule has 1 aliphatic heterocycles. The average Bonchev–Trinajstić information content (AvgIpc) is 2.52. The maximum absolute atomic E-state index is 11.4. The molecule has 78 valence electrons. The molecule has 0 aromatic carbocycles. The van der Waals surface area contributed by atoms with E-state index in [1.165, 1.54) is 0 Å². The van der Waals surface area contributed by atoms with E-state index in [2.05, 4.69) is 10.0 Å². The summed E-state index contributed by atoms with van der Waals surface area (Å²) < 4.78 is 25.4. The fourth-order valence-electron chi connectivity index (χ4n) is 1.48. The fourth-order valence-corrected chi connectivity index (χ4v) is 2.93. The van der Waals surface area contributed by atoms with E-state index in [0.29, 0.717) is 6.54 Å². The molecule has 13 heavy (non-hydrogen) atoms. The molecular formula is C8H18N2O2S. The molecule has 0 saturated carbocycles. The molecule has 0 radical (unpaired) electrons. The molecule has 0 spiro atoms. The van der Waals surface area contributed by atoms with E-state index >= 15 is 0 Å². The molecule has 5 heteroatoms. The van der Waals surface area contributed by atoms with E-state index in [1.54, 1.807) is 0 Å². The summed E-state index contributed by atoms with van der Waals surface area (Å²) in [6, 6.07) is 0.161. The largest absolute Gasteiger partial charge is 0.313 e. The topological polar surface area (TPSA) is 58.2 Å². The Morgan fingerprint density at radius 1 is 1.54 bits per heavy atom. The van der Waals surface area contributed by atoms with Crippen LogP contribution in [-0.2, 0) is 10.0 Å². The molecule has 0 aromatic heterocycles. The van der Waals surface area contributed by atoms with Crippen LogP contribution in [0.15, 0.2) is 0 Å². The van der Waals surface area contributed by atoms with Crippen molar-refractivity contribution in [1.29, 1.82) is 0 Å². The van der Waals surface area contributed by atoms with Crippen LogP contribution >= 0.6 is 0 Å². The Balaban J connectivity index is 2.32. The van der Waals surface area contributed by atoms with Crippen molar-refractivity contribution in [3.8, 4) is 0 Å². The Labute approximate surface area is 80.1 Å². The first-order chi connectivity index (χ1) is 6.14. The van der Waals surface area contributed by atoms with Gasteiger partial charge in [-0.1, -0.05) is 6.92 Å². The van der Waals surface area contributed by atoms with Gasteiger partial charge < -0.3 is 5.32 Å². The minimum absolute atomic E-state index is 0.161. The zero-order chi connectivity index (χ0) is 9.73. The third kappa shape index (κ3) is 4.06. The molecule has 1 heterocycles. The van der Waals surface area contributed by atoms with E-state index in [1.807, 2.05) is 6.92 Å². The van der Waals surface area contributed by atoms with E-state index in [-0.39, 0.29) is 11.8 Å². The van der Waals surface area contributed by atoms with Gasteiger partial charge in [-0.15, -0.1) is 0 Å². The molecule has 0 aliphatic carbocycles. The number of sulfonamides is 1. The Bertz CT molecular complexity index is 233. The number of hydrogen-bond donors (Lipinski definition) is 2. The zero-order valence-corrected chi connectivity index (χ0v) is 8.86. The number of hydrogen-bond acceptors (Lipinski definition) is 3. The van der Waals surface area contributed by atoms with Crippen molar-refractivity contribution >= 4 is 10.0 Å². The number of nitrogens with one attached hydrogen (secondary N) is 2.